The topological polar surface area (TPSA) is 32.8 Å². The number of anilines is 6. The normalized spacial score (nSPS) is 11.6. The van der Waals surface area contributed by atoms with Crippen LogP contribution in [0.3, 0.4) is 0 Å². The molecule has 14 rings (SSSR count). The molecule has 0 atom stereocenters. The van der Waals surface area contributed by atoms with E-state index in [2.05, 4.69) is 157 Å². The zero-order chi connectivity index (χ0) is 48.4. The molecule has 4 nitrogen and oxygen atoms in total. The monoisotopic (exact) mass is 938 g/mol. The molecule has 0 N–H and O–H groups in total. The van der Waals surface area contributed by atoms with Gasteiger partial charge in [0.2, 0.25) is 0 Å². The Bertz CT molecular complexity index is 4400. The third-order valence-corrected chi connectivity index (χ3v) is 14.3. The molecule has 0 aliphatic carbocycles. The summed E-state index contributed by atoms with van der Waals surface area (Å²) in [5, 5.41) is 8.29. The minimum atomic E-state index is -0.326. The summed E-state index contributed by atoms with van der Waals surface area (Å²) in [5.41, 5.74) is 14.1. The Morgan fingerprint density at radius 2 is 0.795 bits per heavy atom. The summed E-state index contributed by atoms with van der Waals surface area (Å²) in [5.74, 6) is -0.326. The van der Waals surface area contributed by atoms with Crippen LogP contribution >= 0.6 is 0 Å². The minimum Gasteiger partial charge on any atom is -0.455 e. The van der Waals surface area contributed by atoms with Crippen molar-refractivity contribution in [2.75, 3.05) is 9.80 Å². The molecule has 14 aromatic rings. The van der Waals surface area contributed by atoms with Gasteiger partial charge < -0.3 is 18.6 Å². The van der Waals surface area contributed by atoms with Crippen LogP contribution in [0.25, 0.3) is 98.8 Å². The van der Waals surface area contributed by atoms with Crippen molar-refractivity contribution in [2.24, 2.45) is 0 Å². The van der Waals surface area contributed by atoms with E-state index in [4.69, 9.17) is 8.83 Å². The van der Waals surface area contributed by atoms with Crippen LogP contribution in [0, 0.1) is 5.82 Å². The summed E-state index contributed by atoms with van der Waals surface area (Å²) in [6.07, 6.45) is 0. The number of hydrogen-bond donors (Lipinski definition) is 0. The van der Waals surface area contributed by atoms with Gasteiger partial charge in [-0.05, 0) is 117 Å². The van der Waals surface area contributed by atoms with Gasteiger partial charge in [-0.1, -0.05) is 182 Å². The van der Waals surface area contributed by atoms with Crippen molar-refractivity contribution in [2.45, 2.75) is 0 Å². The van der Waals surface area contributed by atoms with Gasteiger partial charge in [0.1, 0.15) is 22.6 Å². The Labute approximate surface area is 420 Å². The first-order valence-electron chi connectivity index (χ1n) is 24.6. The summed E-state index contributed by atoms with van der Waals surface area (Å²) >= 11 is 0. The number of para-hydroxylation sites is 4. The predicted octanol–water partition coefficient (Wildman–Crippen LogP) is 19.9. The van der Waals surface area contributed by atoms with Gasteiger partial charge in [-0.25, -0.2) is 4.39 Å². The van der Waals surface area contributed by atoms with Crippen molar-refractivity contribution in [1.82, 2.24) is 0 Å². The minimum absolute atomic E-state index is 0.326. The fraction of sp³-hybridized carbons (Fsp3) is 0. The third kappa shape index (κ3) is 7.04. The van der Waals surface area contributed by atoms with E-state index in [1.54, 1.807) is 6.07 Å². The first kappa shape index (κ1) is 42.2. The van der Waals surface area contributed by atoms with Gasteiger partial charge in [0.25, 0.3) is 0 Å². The van der Waals surface area contributed by atoms with E-state index < -0.39 is 0 Å². The summed E-state index contributed by atoms with van der Waals surface area (Å²) < 4.78 is 31.1. The molecular weight excluding hydrogens is 896 g/mol. The SMILES string of the molecule is Fc1cc(-c2ccccc2)c(-c2ccccc2)cc1N(c1ccccc1)c1ccc2c(c1)c1ccccc1c1c3ccc(N(c4ccccc4-c4ccccc4)c4cccc5c4oc4ccccc45)cc3oc21. The number of furan rings is 2. The van der Waals surface area contributed by atoms with Crippen molar-refractivity contribution < 1.29 is 13.2 Å². The Morgan fingerprint density at radius 1 is 0.274 bits per heavy atom. The maximum Gasteiger partial charge on any atom is 0.159 e. The first-order valence-corrected chi connectivity index (χ1v) is 24.6. The van der Waals surface area contributed by atoms with Crippen LogP contribution in [-0.4, -0.2) is 0 Å². The van der Waals surface area contributed by atoms with E-state index >= 15 is 4.39 Å². The van der Waals surface area contributed by atoms with E-state index in [9.17, 15) is 0 Å². The van der Waals surface area contributed by atoms with E-state index in [0.29, 0.717) is 5.69 Å². The average molecular weight is 939 g/mol. The highest BCUT2D eigenvalue weighted by Crippen LogP contribution is 2.49. The van der Waals surface area contributed by atoms with Gasteiger partial charge in [0, 0.05) is 49.9 Å². The molecule has 0 saturated carbocycles. The van der Waals surface area contributed by atoms with Gasteiger partial charge >= 0.3 is 0 Å². The zero-order valence-corrected chi connectivity index (χ0v) is 39.4. The van der Waals surface area contributed by atoms with E-state index in [1.807, 2.05) is 108 Å². The van der Waals surface area contributed by atoms with Crippen molar-refractivity contribution in [3.63, 3.8) is 0 Å². The number of nitrogens with zero attached hydrogens (tertiary/aromatic N) is 2. The van der Waals surface area contributed by atoms with Crippen LogP contribution in [0.5, 0.6) is 0 Å². The third-order valence-electron chi connectivity index (χ3n) is 14.3. The van der Waals surface area contributed by atoms with Gasteiger partial charge in [0.05, 0.1) is 22.7 Å². The highest BCUT2D eigenvalue weighted by Gasteiger charge is 2.26. The van der Waals surface area contributed by atoms with Crippen LogP contribution in [-0.2, 0) is 0 Å². The number of halogens is 1. The smallest absolute Gasteiger partial charge is 0.159 e. The molecule has 0 amide bonds. The van der Waals surface area contributed by atoms with E-state index in [1.165, 1.54) is 0 Å². The molecule has 0 aliphatic heterocycles. The standard InChI is InChI=1S/C68H43FN2O2/c69-60-42-57(45-22-7-2-8-23-45)58(46-24-9-3-10-25-46)43-63(60)70(47-26-11-4-12-27-47)48-36-38-55-59(40-48)51-29-13-14-31-53(51)66-56-39-37-49(41-65(56)73-68(55)66)71(61-33-17-15-28-50(61)44-20-5-1-6-21-44)62-34-19-32-54-52-30-16-18-35-64(52)72-67(54)62/h1-43H. The van der Waals surface area contributed by atoms with Crippen LogP contribution in [0.2, 0.25) is 0 Å². The first-order chi connectivity index (χ1) is 36.1. The largest absolute Gasteiger partial charge is 0.455 e. The van der Waals surface area contributed by atoms with Crippen molar-refractivity contribution >= 4 is 99.5 Å². The zero-order valence-electron chi connectivity index (χ0n) is 39.4. The lowest BCUT2D eigenvalue weighted by Crippen LogP contribution is -2.12. The lowest BCUT2D eigenvalue weighted by atomic mass is 9.93. The Balaban J connectivity index is 0.974. The maximum absolute atomic E-state index is 17.2. The molecule has 0 bridgehead atoms. The predicted molar refractivity (Wildman–Crippen MR) is 302 cm³/mol. The van der Waals surface area contributed by atoms with Gasteiger partial charge in [-0.2, -0.15) is 0 Å². The molecule has 344 valence electrons. The lowest BCUT2D eigenvalue weighted by Gasteiger charge is -2.28. The molecule has 2 aromatic heterocycles. The Hall–Kier alpha value is -9.71. The molecule has 0 spiro atoms. The van der Waals surface area contributed by atoms with Crippen LogP contribution in [0.4, 0.5) is 38.5 Å². The number of fused-ring (bicyclic) bond motifs is 11. The van der Waals surface area contributed by atoms with Crippen LogP contribution < -0.4 is 9.80 Å². The second kappa shape index (κ2) is 17.3. The van der Waals surface area contributed by atoms with E-state index in [-0.39, 0.29) is 5.82 Å². The van der Waals surface area contributed by atoms with Crippen molar-refractivity contribution in [3.05, 3.63) is 267 Å². The molecule has 12 aromatic carbocycles. The number of hydrogen-bond acceptors (Lipinski definition) is 4. The fourth-order valence-electron chi connectivity index (χ4n) is 11.0. The molecule has 73 heavy (non-hydrogen) atoms. The summed E-state index contributed by atoms with van der Waals surface area (Å²) in [4.78, 5) is 4.33. The molecule has 0 saturated heterocycles. The maximum atomic E-state index is 17.2. The quantitative estimate of drug-likeness (QED) is 0.135. The second-order valence-electron chi connectivity index (χ2n) is 18.5. The van der Waals surface area contributed by atoms with Crippen LogP contribution in [0.15, 0.2) is 270 Å². The molecule has 0 radical (unpaired) electrons. The molecule has 5 heteroatoms. The Kier molecular flexibility index (Phi) is 10.0. The molecule has 0 unspecified atom stereocenters. The molecule has 0 aliphatic rings. The molecule has 2 heterocycles. The second-order valence-corrected chi connectivity index (χ2v) is 18.5. The van der Waals surface area contributed by atoms with Crippen molar-refractivity contribution in [1.29, 1.82) is 0 Å². The lowest BCUT2D eigenvalue weighted by molar-refractivity contribution is 0.629. The average Bonchev–Trinajstić information content (AvgIpc) is 4.04. The number of rotatable bonds is 9. The van der Waals surface area contributed by atoms with E-state index in [0.717, 1.165) is 127 Å². The Morgan fingerprint density at radius 3 is 1.52 bits per heavy atom. The fourth-order valence-corrected chi connectivity index (χ4v) is 11.0. The number of benzene rings is 12. The van der Waals surface area contributed by atoms with Crippen LogP contribution in [0.1, 0.15) is 0 Å². The van der Waals surface area contributed by atoms with Gasteiger partial charge in [-0.15, -0.1) is 0 Å². The van der Waals surface area contributed by atoms with Crippen molar-refractivity contribution in [3.8, 4) is 33.4 Å². The highest BCUT2D eigenvalue weighted by atomic mass is 19.1. The van der Waals surface area contributed by atoms with Gasteiger partial charge in [0.15, 0.2) is 5.58 Å². The summed E-state index contributed by atoms with van der Waals surface area (Å²) in [6, 6.07) is 89.2. The molecular formula is C68H43FN2O2. The summed E-state index contributed by atoms with van der Waals surface area (Å²) in [7, 11) is 0. The van der Waals surface area contributed by atoms with Gasteiger partial charge in [-0.3, -0.25) is 0 Å². The molecule has 0 fully saturated rings. The highest BCUT2D eigenvalue weighted by molar-refractivity contribution is 6.30. The summed E-state index contributed by atoms with van der Waals surface area (Å²) in [6.45, 7) is 0.